The van der Waals surface area contributed by atoms with Crippen molar-refractivity contribution in [2.24, 2.45) is 0 Å². The number of carbonyl (C=O) groups excluding carboxylic acids is 2. The zero-order valence-corrected chi connectivity index (χ0v) is 10.7. The molecule has 0 aliphatic carbocycles. The summed E-state index contributed by atoms with van der Waals surface area (Å²) in [6.45, 7) is 3.67. The van der Waals surface area contributed by atoms with Gasteiger partial charge in [0.2, 0.25) is 0 Å². The Balaban J connectivity index is 2.18. The second kappa shape index (κ2) is 5.52. The largest absolute Gasteiger partial charge is 0.405 e. The molecule has 0 aromatic rings. The molecule has 0 amide bonds. The number of hydrogen-bond acceptors (Lipinski definition) is 5. The van der Waals surface area contributed by atoms with E-state index in [9.17, 15) is 9.59 Å². The van der Waals surface area contributed by atoms with Crippen molar-refractivity contribution < 1.29 is 19.1 Å². The predicted octanol–water partition coefficient (Wildman–Crippen LogP) is 1.58. The van der Waals surface area contributed by atoms with E-state index in [1.54, 1.807) is 0 Å². The van der Waals surface area contributed by atoms with Crippen LogP contribution in [0.25, 0.3) is 0 Å². The number of carbonyl (C=O) groups is 2. The lowest BCUT2D eigenvalue weighted by Crippen LogP contribution is -2.56. The van der Waals surface area contributed by atoms with Gasteiger partial charge in [-0.15, -0.1) is 0 Å². The van der Waals surface area contributed by atoms with Crippen molar-refractivity contribution in [2.45, 2.75) is 44.9 Å². The molecule has 0 aromatic heterocycles. The van der Waals surface area contributed by atoms with E-state index in [1.807, 2.05) is 4.90 Å². The van der Waals surface area contributed by atoms with Crippen molar-refractivity contribution in [3.8, 4) is 0 Å². The molecule has 5 heteroatoms. The number of piperidine rings is 1. The second-order valence-electron chi connectivity index (χ2n) is 4.69. The Labute approximate surface area is 107 Å². The minimum atomic E-state index is -1.18. The van der Waals surface area contributed by atoms with Crippen LogP contribution in [0.5, 0.6) is 0 Å². The molecule has 1 saturated heterocycles. The fourth-order valence-corrected chi connectivity index (χ4v) is 2.38. The number of hydrogen-bond donors (Lipinski definition) is 0. The molecule has 0 aromatic carbocycles. The SMILES string of the molecule is CCCCN1CCCCC12OC(=O)C=CC(=O)O2. The number of ether oxygens (including phenoxy) is 2. The van der Waals surface area contributed by atoms with Crippen LogP contribution in [0, 0.1) is 0 Å². The second-order valence-corrected chi connectivity index (χ2v) is 4.69. The van der Waals surface area contributed by atoms with Gasteiger partial charge in [-0.2, -0.15) is 0 Å². The topological polar surface area (TPSA) is 55.8 Å². The smallest absolute Gasteiger partial charge is 0.335 e. The first-order valence-corrected chi connectivity index (χ1v) is 6.55. The summed E-state index contributed by atoms with van der Waals surface area (Å²) in [5.74, 6) is -2.20. The summed E-state index contributed by atoms with van der Waals surface area (Å²) < 4.78 is 10.8. The number of nitrogens with zero attached hydrogens (tertiary/aromatic N) is 1. The Morgan fingerprint density at radius 1 is 1.22 bits per heavy atom. The third kappa shape index (κ3) is 2.72. The lowest BCUT2D eigenvalue weighted by atomic mass is 10.1. The Kier molecular flexibility index (Phi) is 4.01. The maximum Gasteiger partial charge on any atom is 0.335 e. The highest BCUT2D eigenvalue weighted by Crippen LogP contribution is 2.32. The van der Waals surface area contributed by atoms with Crippen molar-refractivity contribution in [1.82, 2.24) is 4.90 Å². The Morgan fingerprint density at radius 2 is 1.89 bits per heavy atom. The summed E-state index contributed by atoms with van der Waals surface area (Å²) in [7, 11) is 0. The van der Waals surface area contributed by atoms with Gasteiger partial charge in [0.15, 0.2) is 0 Å². The predicted molar refractivity (Wildman–Crippen MR) is 64.4 cm³/mol. The summed E-state index contributed by atoms with van der Waals surface area (Å²) in [4.78, 5) is 25.1. The first-order chi connectivity index (χ1) is 8.66. The fraction of sp³-hybridized carbons (Fsp3) is 0.692. The van der Waals surface area contributed by atoms with E-state index < -0.39 is 17.8 Å². The number of esters is 2. The summed E-state index contributed by atoms with van der Waals surface area (Å²) in [6, 6.07) is 0. The maximum atomic E-state index is 11.6. The van der Waals surface area contributed by atoms with Crippen molar-refractivity contribution in [1.29, 1.82) is 0 Å². The first kappa shape index (κ1) is 13.1. The number of unbranched alkanes of at least 4 members (excludes halogenated alkanes) is 1. The molecule has 2 heterocycles. The van der Waals surface area contributed by atoms with E-state index in [4.69, 9.17) is 9.47 Å². The normalized spacial score (nSPS) is 23.6. The van der Waals surface area contributed by atoms with Gasteiger partial charge in [0.25, 0.3) is 0 Å². The van der Waals surface area contributed by atoms with Crippen LogP contribution >= 0.6 is 0 Å². The van der Waals surface area contributed by atoms with Gasteiger partial charge in [-0.25, -0.2) is 14.5 Å². The molecular formula is C13H19NO4. The van der Waals surface area contributed by atoms with Crippen LogP contribution < -0.4 is 0 Å². The molecule has 0 atom stereocenters. The van der Waals surface area contributed by atoms with E-state index in [1.165, 1.54) is 0 Å². The average molecular weight is 253 g/mol. The molecule has 1 spiro atoms. The van der Waals surface area contributed by atoms with Crippen LogP contribution in [0.3, 0.4) is 0 Å². The van der Waals surface area contributed by atoms with Gasteiger partial charge in [-0.3, -0.25) is 0 Å². The van der Waals surface area contributed by atoms with Crippen molar-refractivity contribution >= 4 is 11.9 Å². The summed E-state index contributed by atoms with van der Waals surface area (Å²) in [6.07, 6.45) is 6.78. The third-order valence-corrected chi connectivity index (χ3v) is 3.31. The molecule has 2 aliphatic heterocycles. The maximum absolute atomic E-state index is 11.6. The summed E-state index contributed by atoms with van der Waals surface area (Å²) in [5.41, 5.74) is 0. The van der Waals surface area contributed by atoms with Crippen molar-refractivity contribution in [2.75, 3.05) is 13.1 Å². The van der Waals surface area contributed by atoms with Gasteiger partial charge in [-0.05, 0) is 19.3 Å². The number of rotatable bonds is 3. The molecule has 0 saturated carbocycles. The molecule has 5 nitrogen and oxygen atoms in total. The van der Waals surface area contributed by atoms with Gasteiger partial charge in [-0.1, -0.05) is 13.3 Å². The van der Waals surface area contributed by atoms with Crippen molar-refractivity contribution in [3.05, 3.63) is 12.2 Å². The highest BCUT2D eigenvalue weighted by Gasteiger charge is 2.46. The molecular weight excluding hydrogens is 234 g/mol. The van der Waals surface area contributed by atoms with Crippen LogP contribution in [0.2, 0.25) is 0 Å². The zero-order chi connectivity index (χ0) is 13.0. The Hall–Kier alpha value is -1.36. The zero-order valence-electron chi connectivity index (χ0n) is 10.7. The lowest BCUT2D eigenvalue weighted by molar-refractivity contribution is -0.293. The lowest BCUT2D eigenvalue weighted by Gasteiger charge is -2.43. The van der Waals surface area contributed by atoms with Crippen LogP contribution in [0.4, 0.5) is 0 Å². The standard InChI is InChI=1S/C13H19NO4/c1-2-3-9-14-10-5-4-8-13(14)17-11(15)6-7-12(16)18-13/h6-7H,2-5,8-10H2,1H3. The highest BCUT2D eigenvalue weighted by molar-refractivity contribution is 5.93. The monoisotopic (exact) mass is 253 g/mol. The molecule has 0 unspecified atom stereocenters. The van der Waals surface area contributed by atoms with Gasteiger partial charge >= 0.3 is 17.8 Å². The van der Waals surface area contributed by atoms with Crippen LogP contribution in [-0.4, -0.2) is 35.8 Å². The number of likely N-dealkylation sites (tertiary alicyclic amines) is 1. The van der Waals surface area contributed by atoms with E-state index in [-0.39, 0.29) is 0 Å². The van der Waals surface area contributed by atoms with Crippen molar-refractivity contribution in [3.63, 3.8) is 0 Å². The Morgan fingerprint density at radius 3 is 2.50 bits per heavy atom. The van der Waals surface area contributed by atoms with Crippen LogP contribution in [0.15, 0.2) is 12.2 Å². The van der Waals surface area contributed by atoms with Gasteiger partial charge < -0.3 is 9.47 Å². The first-order valence-electron chi connectivity index (χ1n) is 6.55. The van der Waals surface area contributed by atoms with Gasteiger partial charge in [0, 0.05) is 31.7 Å². The minimum Gasteiger partial charge on any atom is -0.405 e. The molecule has 2 aliphatic rings. The minimum absolute atomic E-state index is 0.510. The van der Waals surface area contributed by atoms with E-state index >= 15 is 0 Å². The van der Waals surface area contributed by atoms with E-state index in [0.29, 0.717) is 6.42 Å². The molecule has 0 N–H and O–H groups in total. The van der Waals surface area contributed by atoms with E-state index in [2.05, 4.69) is 6.92 Å². The Bertz CT molecular complexity index is 344. The third-order valence-electron chi connectivity index (χ3n) is 3.31. The summed E-state index contributed by atoms with van der Waals surface area (Å²) in [5, 5.41) is 0. The molecule has 18 heavy (non-hydrogen) atoms. The fourth-order valence-electron chi connectivity index (χ4n) is 2.38. The molecule has 0 radical (unpaired) electrons. The molecule has 0 bridgehead atoms. The quantitative estimate of drug-likeness (QED) is 0.715. The average Bonchev–Trinajstić information content (AvgIpc) is 2.48. The van der Waals surface area contributed by atoms with E-state index in [0.717, 1.165) is 50.9 Å². The van der Waals surface area contributed by atoms with Gasteiger partial charge in [0.05, 0.1) is 0 Å². The van der Waals surface area contributed by atoms with Crippen LogP contribution in [0.1, 0.15) is 39.0 Å². The van der Waals surface area contributed by atoms with Gasteiger partial charge in [0.1, 0.15) is 0 Å². The highest BCUT2D eigenvalue weighted by atomic mass is 16.8. The van der Waals surface area contributed by atoms with Crippen LogP contribution in [-0.2, 0) is 19.1 Å². The summed E-state index contributed by atoms with van der Waals surface area (Å²) >= 11 is 0. The molecule has 1 fully saturated rings. The molecule has 2 rings (SSSR count). The molecule has 100 valence electrons.